The maximum absolute atomic E-state index is 12.6. The van der Waals surface area contributed by atoms with E-state index < -0.39 is 23.8 Å². The summed E-state index contributed by atoms with van der Waals surface area (Å²) >= 11 is 0. The summed E-state index contributed by atoms with van der Waals surface area (Å²) in [4.78, 5) is 36.8. The van der Waals surface area contributed by atoms with Crippen LogP contribution in [0.1, 0.15) is 36.9 Å². The number of halogens is 3. The lowest BCUT2D eigenvalue weighted by atomic mass is 10.1. The highest BCUT2D eigenvalue weighted by molar-refractivity contribution is 5.81. The second-order valence-electron chi connectivity index (χ2n) is 9.02. The standard InChI is InChI=1S/C24H36F3N7O3/c1-33(2)21(35)16-34(12-4-3-7-19-9-8-17-6-5-11-30-22(17)32-19)13-10-20(29)23(36)37-31-15-18(14-28)24(25,26)27/h8-9,14-15,20H,3-7,10-13,16,28-29H2,1-2H3,(H,30,32)/b18-14+,31-15+/t20-/m0/s1. The lowest BCUT2D eigenvalue weighted by molar-refractivity contribution is -0.145. The van der Waals surface area contributed by atoms with Gasteiger partial charge in [-0.2, -0.15) is 13.2 Å². The van der Waals surface area contributed by atoms with Gasteiger partial charge in [0.25, 0.3) is 0 Å². The van der Waals surface area contributed by atoms with Crippen LogP contribution < -0.4 is 16.8 Å². The van der Waals surface area contributed by atoms with Crippen molar-refractivity contribution in [1.29, 1.82) is 0 Å². The second kappa shape index (κ2) is 14.5. The van der Waals surface area contributed by atoms with Gasteiger partial charge in [0.05, 0.1) is 18.3 Å². The van der Waals surface area contributed by atoms with E-state index >= 15 is 0 Å². The van der Waals surface area contributed by atoms with Gasteiger partial charge < -0.3 is 26.5 Å². The number of likely N-dealkylation sites (N-methyl/N-ethyl adjacent to an activating group) is 1. The van der Waals surface area contributed by atoms with Crippen LogP contribution >= 0.6 is 0 Å². The smallest absolute Gasteiger partial charge is 0.404 e. The third kappa shape index (κ3) is 10.4. The lowest BCUT2D eigenvalue weighted by Gasteiger charge is -2.24. The van der Waals surface area contributed by atoms with Crippen molar-refractivity contribution in [2.75, 3.05) is 45.6 Å². The van der Waals surface area contributed by atoms with Gasteiger partial charge in [-0.25, -0.2) is 9.78 Å². The first-order valence-electron chi connectivity index (χ1n) is 12.1. The highest BCUT2D eigenvalue weighted by Gasteiger charge is 2.32. The number of nitrogens with two attached hydrogens (primary N) is 2. The SMILES string of the molecule is CN(C)C(=O)CN(CCCCc1ccc2c(n1)NCCC2)CC[C@H](N)C(=O)O/N=C/C(=C\N)C(F)(F)F. The number of hydrogen-bond acceptors (Lipinski definition) is 9. The van der Waals surface area contributed by atoms with Gasteiger partial charge in [-0.05, 0) is 56.7 Å². The van der Waals surface area contributed by atoms with Crippen LogP contribution in [0.5, 0.6) is 0 Å². The molecule has 0 unspecified atom stereocenters. The number of pyridine rings is 1. The number of oxime groups is 1. The zero-order chi connectivity index (χ0) is 27.4. The van der Waals surface area contributed by atoms with Gasteiger partial charge in [0.15, 0.2) is 0 Å². The van der Waals surface area contributed by atoms with E-state index in [1.807, 2.05) is 11.0 Å². The number of nitrogens with one attached hydrogen (secondary N) is 1. The highest BCUT2D eigenvalue weighted by atomic mass is 19.4. The van der Waals surface area contributed by atoms with Gasteiger partial charge in [0, 0.05) is 39.1 Å². The average Bonchev–Trinajstić information content (AvgIpc) is 2.86. The van der Waals surface area contributed by atoms with E-state index in [1.165, 1.54) is 10.5 Å². The molecule has 5 N–H and O–H groups in total. The van der Waals surface area contributed by atoms with Crippen LogP contribution in [0, 0.1) is 0 Å². The Labute approximate surface area is 214 Å². The molecular formula is C24H36F3N7O3. The van der Waals surface area contributed by atoms with E-state index in [-0.39, 0.29) is 18.9 Å². The van der Waals surface area contributed by atoms with Crippen molar-refractivity contribution >= 4 is 23.9 Å². The molecule has 1 amide bonds. The molecule has 13 heteroatoms. The summed E-state index contributed by atoms with van der Waals surface area (Å²) in [5.74, 6) is -0.127. The molecule has 1 aromatic heterocycles. The van der Waals surface area contributed by atoms with Crippen LogP contribution in [0.15, 0.2) is 29.1 Å². The number of aromatic nitrogens is 1. The monoisotopic (exact) mass is 527 g/mol. The maximum atomic E-state index is 12.6. The molecular weight excluding hydrogens is 491 g/mol. The molecule has 37 heavy (non-hydrogen) atoms. The molecule has 1 aromatic rings. The number of carbonyl (C=O) groups excluding carboxylic acids is 2. The van der Waals surface area contributed by atoms with Gasteiger partial charge in [-0.1, -0.05) is 11.2 Å². The number of alkyl halides is 3. The molecule has 0 bridgehead atoms. The van der Waals surface area contributed by atoms with Crippen molar-refractivity contribution in [1.82, 2.24) is 14.8 Å². The minimum absolute atomic E-state index is 0.101. The second-order valence-corrected chi connectivity index (χ2v) is 9.02. The Bertz CT molecular complexity index is 967. The van der Waals surface area contributed by atoms with Crippen LogP contribution in [0.25, 0.3) is 0 Å². The molecule has 1 aliphatic rings. The van der Waals surface area contributed by atoms with Crippen LogP contribution in [0.4, 0.5) is 19.0 Å². The fourth-order valence-electron chi connectivity index (χ4n) is 3.61. The fraction of sp³-hybridized carbons (Fsp3) is 0.583. The largest absolute Gasteiger partial charge is 0.419 e. The number of amides is 1. The molecule has 2 heterocycles. The summed E-state index contributed by atoms with van der Waals surface area (Å²) in [7, 11) is 3.31. The maximum Gasteiger partial charge on any atom is 0.419 e. The summed E-state index contributed by atoms with van der Waals surface area (Å²) in [6.07, 6.45) is 0.618. The summed E-state index contributed by atoms with van der Waals surface area (Å²) in [5, 5.41) is 6.37. The predicted molar refractivity (Wildman–Crippen MR) is 135 cm³/mol. The molecule has 0 saturated heterocycles. The Morgan fingerprint density at radius 3 is 2.70 bits per heavy atom. The summed E-state index contributed by atoms with van der Waals surface area (Å²) in [6, 6.07) is 3.04. The lowest BCUT2D eigenvalue weighted by Crippen LogP contribution is -2.41. The van der Waals surface area contributed by atoms with Crippen molar-refractivity contribution in [3.8, 4) is 0 Å². The van der Waals surface area contributed by atoms with Crippen LogP contribution in [-0.2, 0) is 27.3 Å². The van der Waals surface area contributed by atoms with Crippen molar-refractivity contribution in [2.24, 2.45) is 16.6 Å². The first-order chi connectivity index (χ1) is 17.5. The predicted octanol–water partition coefficient (Wildman–Crippen LogP) is 1.80. The molecule has 2 rings (SSSR count). The van der Waals surface area contributed by atoms with Crippen molar-refractivity contribution in [3.63, 3.8) is 0 Å². The molecule has 10 nitrogen and oxygen atoms in total. The number of nitrogens with zero attached hydrogens (tertiary/aromatic N) is 4. The summed E-state index contributed by atoms with van der Waals surface area (Å²) < 4.78 is 37.9. The number of allylic oxidation sites excluding steroid dienone is 1. The third-order valence-electron chi connectivity index (χ3n) is 5.87. The summed E-state index contributed by atoms with van der Waals surface area (Å²) in [6.45, 7) is 1.99. The number of fused-ring (bicyclic) bond motifs is 1. The van der Waals surface area contributed by atoms with Gasteiger partial charge in [-0.3, -0.25) is 9.69 Å². The molecule has 1 aliphatic heterocycles. The molecule has 0 aliphatic carbocycles. The fourth-order valence-corrected chi connectivity index (χ4v) is 3.61. The number of anilines is 1. The van der Waals surface area contributed by atoms with Crippen LogP contribution in [0.3, 0.4) is 0 Å². The first kappa shape index (κ1) is 30.0. The summed E-state index contributed by atoms with van der Waals surface area (Å²) in [5.41, 5.74) is 11.7. The van der Waals surface area contributed by atoms with E-state index in [0.717, 1.165) is 50.2 Å². The molecule has 0 spiro atoms. The number of aryl methyl sites for hydroxylation is 2. The Hall–Kier alpha value is -3.19. The van der Waals surface area contributed by atoms with E-state index in [2.05, 4.69) is 21.4 Å². The Morgan fingerprint density at radius 1 is 1.27 bits per heavy atom. The van der Waals surface area contributed by atoms with Gasteiger partial charge in [-0.15, -0.1) is 0 Å². The highest BCUT2D eigenvalue weighted by Crippen LogP contribution is 2.23. The Kier molecular flexibility index (Phi) is 11.8. The molecule has 0 saturated carbocycles. The van der Waals surface area contributed by atoms with Crippen molar-refractivity contribution in [2.45, 2.75) is 50.7 Å². The number of carbonyl (C=O) groups is 2. The zero-order valence-corrected chi connectivity index (χ0v) is 21.3. The van der Waals surface area contributed by atoms with Gasteiger partial charge >= 0.3 is 12.1 Å². The zero-order valence-electron chi connectivity index (χ0n) is 21.3. The normalized spacial score (nSPS) is 14.8. The molecule has 1 atom stereocenters. The van der Waals surface area contributed by atoms with E-state index in [0.29, 0.717) is 25.5 Å². The molecule has 0 fully saturated rings. The first-order valence-corrected chi connectivity index (χ1v) is 12.1. The Balaban J connectivity index is 1.83. The van der Waals surface area contributed by atoms with E-state index in [4.69, 9.17) is 16.5 Å². The average molecular weight is 528 g/mol. The van der Waals surface area contributed by atoms with Gasteiger partial charge in [0.1, 0.15) is 11.9 Å². The third-order valence-corrected chi connectivity index (χ3v) is 5.87. The van der Waals surface area contributed by atoms with Gasteiger partial charge in [0.2, 0.25) is 5.91 Å². The number of rotatable bonds is 13. The van der Waals surface area contributed by atoms with Crippen molar-refractivity contribution in [3.05, 3.63) is 35.2 Å². The van der Waals surface area contributed by atoms with E-state index in [9.17, 15) is 22.8 Å². The minimum Gasteiger partial charge on any atom is -0.404 e. The Morgan fingerprint density at radius 2 is 2.03 bits per heavy atom. The number of hydrogen-bond donors (Lipinski definition) is 3. The van der Waals surface area contributed by atoms with E-state index in [1.54, 1.807) is 14.1 Å². The molecule has 206 valence electrons. The van der Waals surface area contributed by atoms with Crippen molar-refractivity contribution < 1.29 is 27.6 Å². The van der Waals surface area contributed by atoms with Crippen LogP contribution in [0.2, 0.25) is 0 Å². The number of unbranched alkanes of at least 4 members (excludes halogenated alkanes) is 1. The van der Waals surface area contributed by atoms with Crippen LogP contribution in [-0.4, -0.2) is 85.4 Å². The topological polar surface area (TPSA) is 139 Å². The molecule has 0 aromatic carbocycles. The minimum atomic E-state index is -4.72. The quantitative estimate of drug-likeness (QED) is 0.153. The molecule has 0 radical (unpaired) electrons.